The molecule has 0 aliphatic carbocycles. The molecule has 1 saturated heterocycles. The highest BCUT2D eigenvalue weighted by Gasteiger charge is 2.28. The predicted molar refractivity (Wildman–Crippen MR) is 65.3 cm³/mol. The molecule has 0 saturated carbocycles. The maximum atomic E-state index is 11.8. The molecule has 104 valence electrons. The Bertz CT molecular complexity index is 311. The van der Waals surface area contributed by atoms with E-state index in [1.807, 2.05) is 6.92 Å². The molecule has 1 unspecified atom stereocenters. The van der Waals surface area contributed by atoms with Crippen molar-refractivity contribution >= 4 is 12.0 Å². The molecule has 1 fully saturated rings. The second-order valence-electron chi connectivity index (χ2n) is 4.45. The van der Waals surface area contributed by atoms with E-state index in [9.17, 15) is 9.59 Å². The Balaban J connectivity index is 2.51. The summed E-state index contributed by atoms with van der Waals surface area (Å²) in [6, 6.07) is -1.41. The summed E-state index contributed by atoms with van der Waals surface area (Å²) in [6.07, 6.45) is 0. The molecule has 2 amide bonds. The minimum atomic E-state index is -1.24. The van der Waals surface area contributed by atoms with Crippen molar-refractivity contribution in [3.8, 4) is 0 Å². The quantitative estimate of drug-likeness (QED) is 0.612. The topological polar surface area (TPSA) is 93.1 Å². The zero-order valence-electron chi connectivity index (χ0n) is 10.8. The van der Waals surface area contributed by atoms with Gasteiger partial charge in [-0.25, -0.2) is 9.59 Å². The molecule has 0 aromatic rings. The number of nitrogens with one attached hydrogen (secondary N) is 1. The van der Waals surface area contributed by atoms with E-state index in [1.165, 1.54) is 0 Å². The monoisotopic (exact) mass is 259 g/mol. The normalized spacial score (nSPS) is 22.6. The number of carboxylic acids is 1. The average Bonchev–Trinajstić information content (AvgIpc) is 2.35. The van der Waals surface area contributed by atoms with E-state index < -0.39 is 24.6 Å². The van der Waals surface area contributed by atoms with E-state index in [0.29, 0.717) is 13.1 Å². The van der Waals surface area contributed by atoms with Crippen molar-refractivity contribution in [3.63, 3.8) is 0 Å². The van der Waals surface area contributed by atoms with Crippen LogP contribution in [0.4, 0.5) is 4.79 Å². The molecule has 1 heterocycles. The lowest BCUT2D eigenvalue weighted by Crippen LogP contribution is -2.58. The lowest BCUT2D eigenvalue weighted by atomic mass is 10.2. The van der Waals surface area contributed by atoms with Gasteiger partial charge in [0.25, 0.3) is 0 Å². The van der Waals surface area contributed by atoms with Crippen molar-refractivity contribution in [2.45, 2.75) is 25.9 Å². The second kappa shape index (κ2) is 6.55. The number of rotatable bonds is 4. The molecule has 1 rings (SSSR count). The zero-order valence-corrected chi connectivity index (χ0v) is 10.8. The number of aliphatic hydroxyl groups excluding tert-OH is 1. The summed E-state index contributed by atoms with van der Waals surface area (Å²) < 4.78 is 0. The highest BCUT2D eigenvalue weighted by Crippen LogP contribution is 2.09. The average molecular weight is 259 g/mol. The molecule has 0 radical (unpaired) electrons. The van der Waals surface area contributed by atoms with Gasteiger partial charge in [0.05, 0.1) is 6.61 Å². The lowest BCUT2D eigenvalue weighted by Gasteiger charge is -2.39. The molecule has 0 aromatic heterocycles. The Morgan fingerprint density at radius 3 is 2.56 bits per heavy atom. The van der Waals surface area contributed by atoms with Crippen molar-refractivity contribution in [1.29, 1.82) is 0 Å². The number of carbonyl (C=O) groups excluding carboxylic acids is 1. The van der Waals surface area contributed by atoms with Gasteiger partial charge >= 0.3 is 12.0 Å². The summed E-state index contributed by atoms with van der Waals surface area (Å²) in [5.74, 6) is -1.23. The number of amides is 2. The van der Waals surface area contributed by atoms with Crippen LogP contribution in [0, 0.1) is 0 Å². The van der Waals surface area contributed by atoms with Crippen LogP contribution >= 0.6 is 0 Å². The first-order valence-electron chi connectivity index (χ1n) is 6.12. The van der Waals surface area contributed by atoms with Gasteiger partial charge in [-0.05, 0) is 13.5 Å². The highest BCUT2D eigenvalue weighted by molar-refractivity contribution is 5.82. The molecule has 3 N–H and O–H groups in total. The van der Waals surface area contributed by atoms with Gasteiger partial charge in [0.2, 0.25) is 0 Å². The third-order valence-corrected chi connectivity index (χ3v) is 3.24. The number of hydrogen-bond acceptors (Lipinski definition) is 4. The van der Waals surface area contributed by atoms with Crippen LogP contribution in [0.25, 0.3) is 0 Å². The first-order valence-corrected chi connectivity index (χ1v) is 6.12. The largest absolute Gasteiger partial charge is 0.480 e. The molecule has 7 heteroatoms. The molecule has 0 bridgehead atoms. The predicted octanol–water partition coefficient (Wildman–Crippen LogP) is -0.832. The Kier molecular flexibility index (Phi) is 5.36. The summed E-state index contributed by atoms with van der Waals surface area (Å²) in [6.45, 7) is 6.35. The Labute approximate surface area is 106 Å². The number of piperazine rings is 1. The van der Waals surface area contributed by atoms with E-state index in [0.717, 1.165) is 13.1 Å². The summed E-state index contributed by atoms with van der Waals surface area (Å²) in [5.41, 5.74) is 0. The minimum Gasteiger partial charge on any atom is -0.480 e. The van der Waals surface area contributed by atoms with Gasteiger partial charge in [-0.1, -0.05) is 6.92 Å². The number of hydrogen-bond donors (Lipinski definition) is 3. The highest BCUT2D eigenvalue weighted by atomic mass is 16.4. The molecule has 0 aromatic carbocycles. The van der Waals surface area contributed by atoms with E-state index in [1.54, 1.807) is 4.90 Å². The minimum absolute atomic E-state index is 0.256. The molecule has 1 aliphatic heterocycles. The smallest absolute Gasteiger partial charge is 0.328 e. The third-order valence-electron chi connectivity index (χ3n) is 3.24. The lowest BCUT2D eigenvalue weighted by molar-refractivity contribution is -0.140. The van der Waals surface area contributed by atoms with Crippen LogP contribution in [0.3, 0.4) is 0 Å². The first kappa shape index (κ1) is 14.7. The Hall–Kier alpha value is -1.34. The number of likely N-dealkylation sites (N-methyl/N-ethyl adjacent to an activating group) is 1. The van der Waals surface area contributed by atoms with Gasteiger partial charge in [0.1, 0.15) is 0 Å². The van der Waals surface area contributed by atoms with Gasteiger partial charge < -0.3 is 20.4 Å². The number of aliphatic carboxylic acids is 1. The number of urea groups is 1. The summed E-state index contributed by atoms with van der Waals surface area (Å²) in [4.78, 5) is 26.4. The molecule has 1 aliphatic rings. The van der Waals surface area contributed by atoms with E-state index in [-0.39, 0.29) is 6.04 Å². The first-order chi connectivity index (χ1) is 8.49. The van der Waals surface area contributed by atoms with Gasteiger partial charge in [0.15, 0.2) is 6.04 Å². The molecular formula is C11H21N3O4. The van der Waals surface area contributed by atoms with E-state index in [2.05, 4.69) is 17.1 Å². The van der Waals surface area contributed by atoms with Crippen LogP contribution in [-0.2, 0) is 4.79 Å². The second-order valence-corrected chi connectivity index (χ2v) is 4.45. The van der Waals surface area contributed by atoms with Crippen LogP contribution in [0.5, 0.6) is 0 Å². The maximum Gasteiger partial charge on any atom is 0.328 e. The SMILES string of the molecule is CCN1CCN(C(=O)N[C@@H](CO)C(=O)O)CC1C. The van der Waals surface area contributed by atoms with Gasteiger partial charge in [0, 0.05) is 25.7 Å². The van der Waals surface area contributed by atoms with Crippen molar-refractivity contribution in [2.75, 3.05) is 32.8 Å². The maximum absolute atomic E-state index is 11.8. The van der Waals surface area contributed by atoms with Crippen LogP contribution < -0.4 is 5.32 Å². The number of aliphatic hydroxyl groups is 1. The van der Waals surface area contributed by atoms with Gasteiger partial charge in [-0.3, -0.25) is 4.90 Å². The van der Waals surface area contributed by atoms with Crippen molar-refractivity contribution < 1.29 is 19.8 Å². The number of carboxylic acid groups (broad SMARTS) is 1. The standard InChI is InChI=1S/C11H21N3O4/c1-3-13-4-5-14(6-8(13)2)11(18)12-9(7-15)10(16)17/h8-9,15H,3-7H2,1-2H3,(H,12,18)(H,16,17)/t8?,9-/m0/s1. The molecule has 0 spiro atoms. The number of carbonyl (C=O) groups is 2. The summed E-state index contributed by atoms with van der Waals surface area (Å²) in [5, 5.41) is 19.9. The molecular weight excluding hydrogens is 238 g/mol. The fraction of sp³-hybridized carbons (Fsp3) is 0.818. The zero-order chi connectivity index (χ0) is 13.7. The fourth-order valence-corrected chi connectivity index (χ4v) is 2.08. The van der Waals surface area contributed by atoms with Gasteiger partial charge in [-0.15, -0.1) is 0 Å². The van der Waals surface area contributed by atoms with Gasteiger partial charge in [-0.2, -0.15) is 0 Å². The van der Waals surface area contributed by atoms with E-state index >= 15 is 0 Å². The van der Waals surface area contributed by atoms with Crippen molar-refractivity contribution in [3.05, 3.63) is 0 Å². The Morgan fingerprint density at radius 1 is 1.44 bits per heavy atom. The van der Waals surface area contributed by atoms with Crippen LogP contribution in [-0.4, -0.2) is 76.9 Å². The summed E-state index contributed by atoms with van der Waals surface area (Å²) >= 11 is 0. The third kappa shape index (κ3) is 3.58. The summed E-state index contributed by atoms with van der Waals surface area (Å²) in [7, 11) is 0. The molecule has 2 atom stereocenters. The van der Waals surface area contributed by atoms with Crippen LogP contribution in [0.15, 0.2) is 0 Å². The molecule has 7 nitrogen and oxygen atoms in total. The van der Waals surface area contributed by atoms with Crippen LogP contribution in [0.2, 0.25) is 0 Å². The number of nitrogens with zero attached hydrogens (tertiary/aromatic N) is 2. The molecule has 18 heavy (non-hydrogen) atoms. The Morgan fingerprint density at radius 2 is 2.11 bits per heavy atom. The van der Waals surface area contributed by atoms with E-state index in [4.69, 9.17) is 10.2 Å². The fourth-order valence-electron chi connectivity index (χ4n) is 2.08. The van der Waals surface area contributed by atoms with Crippen molar-refractivity contribution in [1.82, 2.24) is 15.1 Å². The van der Waals surface area contributed by atoms with Crippen molar-refractivity contribution in [2.24, 2.45) is 0 Å². The van der Waals surface area contributed by atoms with Crippen LogP contribution in [0.1, 0.15) is 13.8 Å².